The first kappa shape index (κ1) is 4.43. The predicted octanol–water partition coefficient (Wildman–Crippen LogP) is -0.0755. The Kier molecular flexibility index (Phi) is 0.745. The molecule has 0 unspecified atom stereocenters. The van der Waals surface area contributed by atoms with E-state index in [4.69, 9.17) is 0 Å². The average Bonchev–Trinajstić information content (AvgIpc) is 2.33. The molecular formula is C5H3N4. The van der Waals surface area contributed by atoms with Crippen LogP contribution in [0.25, 0.3) is 5.52 Å². The molecule has 2 rings (SSSR count). The van der Waals surface area contributed by atoms with E-state index in [9.17, 15) is 0 Å². The number of nitrogens with zero attached hydrogens (tertiary/aromatic N) is 4. The van der Waals surface area contributed by atoms with Crippen LogP contribution < -0.4 is 0 Å². The standard InChI is InChI=1S/C5H3N4/c1-2-6-4-9-5(1)3-7-8-9/h1,3-4H. The molecule has 4 nitrogen and oxygen atoms in total. The van der Waals surface area contributed by atoms with E-state index >= 15 is 0 Å². The van der Waals surface area contributed by atoms with Crippen LogP contribution >= 0.6 is 0 Å². The van der Waals surface area contributed by atoms with Gasteiger partial charge in [-0.2, -0.15) is 0 Å². The van der Waals surface area contributed by atoms with Crippen LogP contribution in [0.2, 0.25) is 0 Å². The third kappa shape index (κ3) is 0.561. The van der Waals surface area contributed by atoms with Gasteiger partial charge in [0.25, 0.3) is 0 Å². The van der Waals surface area contributed by atoms with E-state index in [1.54, 1.807) is 23.1 Å². The number of hydrogen-bond acceptors (Lipinski definition) is 3. The second-order valence-corrected chi connectivity index (χ2v) is 1.62. The molecule has 0 atom stereocenters. The summed E-state index contributed by atoms with van der Waals surface area (Å²) in [5.41, 5.74) is 0.907. The topological polar surface area (TPSA) is 43.1 Å². The third-order valence-corrected chi connectivity index (χ3v) is 1.06. The summed E-state index contributed by atoms with van der Waals surface area (Å²) >= 11 is 0. The smallest absolute Gasteiger partial charge is 0.120 e. The van der Waals surface area contributed by atoms with Crippen LogP contribution in [0.4, 0.5) is 0 Å². The van der Waals surface area contributed by atoms with Crippen LogP contribution in [0.1, 0.15) is 0 Å². The molecule has 4 heteroatoms. The Morgan fingerprint density at radius 2 is 2.56 bits per heavy atom. The molecule has 0 aromatic carbocycles. The van der Waals surface area contributed by atoms with Gasteiger partial charge in [-0.25, -0.2) is 9.50 Å². The summed E-state index contributed by atoms with van der Waals surface area (Å²) in [6.45, 7) is 0. The zero-order valence-corrected chi connectivity index (χ0v) is 4.52. The predicted molar refractivity (Wildman–Crippen MR) is 29.6 cm³/mol. The molecule has 0 saturated heterocycles. The van der Waals surface area contributed by atoms with Gasteiger partial charge in [0.1, 0.15) is 6.33 Å². The fourth-order valence-corrected chi connectivity index (χ4v) is 0.636. The SMILES string of the molecule is [c]1cc2cnnn2cn1. The van der Waals surface area contributed by atoms with Crippen LogP contribution in [0.5, 0.6) is 0 Å². The minimum atomic E-state index is 0.907. The lowest BCUT2D eigenvalue weighted by Gasteiger charge is -1.83. The summed E-state index contributed by atoms with van der Waals surface area (Å²) in [6.07, 6.45) is 5.88. The maximum atomic E-state index is 3.72. The number of aromatic nitrogens is 4. The van der Waals surface area contributed by atoms with E-state index in [1.165, 1.54) is 0 Å². The molecule has 0 aliphatic rings. The van der Waals surface area contributed by atoms with Gasteiger partial charge in [-0.05, 0) is 6.07 Å². The van der Waals surface area contributed by atoms with Crippen molar-refractivity contribution in [3.8, 4) is 0 Å². The molecule has 0 spiro atoms. The maximum absolute atomic E-state index is 3.72. The summed E-state index contributed by atoms with van der Waals surface area (Å²) in [5.74, 6) is 0. The summed E-state index contributed by atoms with van der Waals surface area (Å²) < 4.78 is 1.58. The van der Waals surface area contributed by atoms with Gasteiger partial charge in [0, 0.05) is 0 Å². The molecule has 0 fully saturated rings. The summed E-state index contributed by atoms with van der Waals surface area (Å²) in [6, 6.07) is 1.72. The van der Waals surface area contributed by atoms with Crippen molar-refractivity contribution in [2.24, 2.45) is 0 Å². The van der Waals surface area contributed by atoms with Crippen molar-refractivity contribution in [1.82, 2.24) is 19.8 Å². The third-order valence-electron chi connectivity index (χ3n) is 1.06. The monoisotopic (exact) mass is 119 g/mol. The average molecular weight is 119 g/mol. The summed E-state index contributed by atoms with van der Waals surface area (Å²) in [5, 5.41) is 7.36. The van der Waals surface area contributed by atoms with Gasteiger partial charge in [-0.3, -0.25) is 0 Å². The van der Waals surface area contributed by atoms with Gasteiger partial charge in [0.2, 0.25) is 0 Å². The van der Waals surface area contributed by atoms with Gasteiger partial charge in [-0.1, -0.05) is 5.21 Å². The van der Waals surface area contributed by atoms with E-state index in [1.807, 2.05) is 0 Å². The number of rotatable bonds is 0. The Hall–Kier alpha value is -1.45. The molecule has 0 amide bonds. The highest BCUT2D eigenvalue weighted by atomic mass is 15.4. The molecular weight excluding hydrogens is 116 g/mol. The lowest BCUT2D eigenvalue weighted by Crippen LogP contribution is -1.86. The van der Waals surface area contributed by atoms with Crippen LogP contribution in [0.15, 0.2) is 18.6 Å². The van der Waals surface area contributed by atoms with Crippen molar-refractivity contribution in [1.29, 1.82) is 0 Å². The second kappa shape index (κ2) is 1.51. The van der Waals surface area contributed by atoms with Crippen molar-refractivity contribution in [3.63, 3.8) is 0 Å². The van der Waals surface area contributed by atoms with E-state index in [0.717, 1.165) is 5.52 Å². The van der Waals surface area contributed by atoms with Crippen LogP contribution in [0.3, 0.4) is 0 Å². The first-order chi connectivity index (χ1) is 4.47. The fraction of sp³-hybridized carbons (Fsp3) is 0. The first-order valence-electron chi connectivity index (χ1n) is 2.49. The van der Waals surface area contributed by atoms with Crippen molar-refractivity contribution in [3.05, 3.63) is 24.8 Å². The lowest BCUT2D eigenvalue weighted by molar-refractivity contribution is 0.833. The quantitative estimate of drug-likeness (QED) is 0.487. The Morgan fingerprint density at radius 3 is 3.44 bits per heavy atom. The highest BCUT2D eigenvalue weighted by Crippen LogP contribution is 1.92. The van der Waals surface area contributed by atoms with Gasteiger partial charge in [-0.15, -0.1) is 5.10 Å². The Bertz CT molecular complexity index is 283. The molecule has 43 valence electrons. The van der Waals surface area contributed by atoms with E-state index in [0.29, 0.717) is 0 Å². The molecule has 9 heavy (non-hydrogen) atoms. The molecule has 0 saturated carbocycles. The Morgan fingerprint density at radius 1 is 1.56 bits per heavy atom. The number of fused-ring (bicyclic) bond motifs is 1. The van der Waals surface area contributed by atoms with Crippen LogP contribution in [-0.4, -0.2) is 19.8 Å². The molecule has 2 heterocycles. The van der Waals surface area contributed by atoms with Gasteiger partial charge in [0.05, 0.1) is 17.9 Å². The zero-order chi connectivity index (χ0) is 6.10. The Balaban J connectivity index is 2.95. The normalized spacial score (nSPS) is 10.2. The first-order valence-corrected chi connectivity index (χ1v) is 2.49. The largest absolute Gasteiger partial charge is 0.235 e. The van der Waals surface area contributed by atoms with Crippen molar-refractivity contribution < 1.29 is 0 Å². The summed E-state index contributed by atoms with van der Waals surface area (Å²) in [7, 11) is 0. The van der Waals surface area contributed by atoms with Crippen molar-refractivity contribution in [2.45, 2.75) is 0 Å². The Labute approximate surface area is 51.1 Å². The van der Waals surface area contributed by atoms with Gasteiger partial charge >= 0.3 is 0 Å². The lowest BCUT2D eigenvalue weighted by atomic mass is 10.5. The summed E-state index contributed by atoms with van der Waals surface area (Å²) in [4.78, 5) is 3.72. The fourth-order valence-electron chi connectivity index (χ4n) is 0.636. The number of hydrogen-bond donors (Lipinski definition) is 0. The highest BCUT2D eigenvalue weighted by molar-refractivity contribution is 5.39. The second-order valence-electron chi connectivity index (χ2n) is 1.62. The molecule has 0 N–H and O–H groups in total. The van der Waals surface area contributed by atoms with E-state index in [-0.39, 0.29) is 0 Å². The van der Waals surface area contributed by atoms with Crippen molar-refractivity contribution in [2.75, 3.05) is 0 Å². The molecule has 0 aliphatic carbocycles. The van der Waals surface area contributed by atoms with Crippen molar-refractivity contribution >= 4 is 5.52 Å². The van der Waals surface area contributed by atoms with Gasteiger partial charge < -0.3 is 0 Å². The zero-order valence-electron chi connectivity index (χ0n) is 4.52. The molecule has 2 aromatic heterocycles. The molecule has 2 aromatic rings. The highest BCUT2D eigenvalue weighted by Gasteiger charge is 1.88. The van der Waals surface area contributed by atoms with Gasteiger partial charge in [0.15, 0.2) is 0 Å². The molecule has 1 radical (unpaired) electrons. The molecule has 0 aliphatic heterocycles. The van der Waals surface area contributed by atoms with Crippen LogP contribution in [0, 0.1) is 6.20 Å². The maximum Gasteiger partial charge on any atom is 0.120 e. The molecule has 0 bridgehead atoms. The minimum Gasteiger partial charge on any atom is -0.235 e. The minimum absolute atomic E-state index is 0.907. The van der Waals surface area contributed by atoms with E-state index in [2.05, 4.69) is 21.5 Å². The van der Waals surface area contributed by atoms with Crippen LogP contribution in [-0.2, 0) is 0 Å². The van der Waals surface area contributed by atoms with E-state index < -0.39 is 0 Å².